The van der Waals surface area contributed by atoms with E-state index < -0.39 is 5.97 Å². The van der Waals surface area contributed by atoms with Crippen LogP contribution in [-0.4, -0.2) is 21.0 Å². The lowest BCUT2D eigenvalue weighted by Gasteiger charge is -2.02. The third kappa shape index (κ3) is 3.96. The number of nitrogens with one attached hydrogen (secondary N) is 1. The van der Waals surface area contributed by atoms with Gasteiger partial charge in [0, 0.05) is 11.1 Å². The average Bonchev–Trinajstić information content (AvgIpc) is 3.18. The Morgan fingerprint density at radius 2 is 1.55 bits per heavy atom. The number of aromatic nitrogens is 2. The van der Waals surface area contributed by atoms with E-state index in [0.29, 0.717) is 5.95 Å². The third-order valence-corrected chi connectivity index (χ3v) is 4.44. The minimum absolute atomic E-state index is 0.104. The number of aryl methyl sites for hydroxylation is 1. The second-order valence-electron chi connectivity index (χ2n) is 6.54. The molecule has 4 aromatic rings. The minimum Gasteiger partial charge on any atom is -0.478 e. The zero-order chi connectivity index (χ0) is 20.2. The molecule has 0 fully saturated rings. The van der Waals surface area contributed by atoms with Gasteiger partial charge in [-0.15, -0.1) is 10.2 Å². The van der Waals surface area contributed by atoms with E-state index in [-0.39, 0.29) is 11.3 Å². The number of hydrogen-bond donors (Lipinski definition) is 2. The summed E-state index contributed by atoms with van der Waals surface area (Å²) in [4.78, 5) is 19.3. The number of carboxylic acids is 1. The number of aromatic amines is 1. The molecule has 0 unspecified atom stereocenters. The fourth-order valence-electron chi connectivity index (χ4n) is 3.04. The zero-order valence-electron chi connectivity index (χ0n) is 15.7. The lowest BCUT2D eigenvalue weighted by molar-refractivity contribution is 0.0697. The molecule has 0 aliphatic heterocycles. The fraction of sp³-hybridized carbons (Fsp3) is 0.0435. The van der Waals surface area contributed by atoms with Gasteiger partial charge in [-0.3, -0.25) is 0 Å². The van der Waals surface area contributed by atoms with Gasteiger partial charge in [0.05, 0.1) is 17.0 Å². The van der Waals surface area contributed by atoms with Gasteiger partial charge in [-0.1, -0.05) is 72.3 Å². The van der Waals surface area contributed by atoms with Gasteiger partial charge in [0.25, 0.3) is 0 Å². The number of imidazole rings is 1. The van der Waals surface area contributed by atoms with Gasteiger partial charge in [-0.25, -0.2) is 9.78 Å². The standard InChI is InChI=1S/C23H18N4O2/c1-15-12-13-19(18(14-15)22(28)29)26-27-23-24-20(16-8-4-2-5-9-16)21(25-23)17-10-6-3-7-11-17/h2-14H,1H3,(H,24,25)(H,28,29). The molecule has 1 aromatic heterocycles. The van der Waals surface area contributed by atoms with Crippen LogP contribution in [0.25, 0.3) is 22.5 Å². The molecule has 3 aromatic carbocycles. The number of carboxylic acid groups (broad SMARTS) is 1. The molecule has 0 spiro atoms. The Kier molecular flexibility index (Phi) is 4.99. The van der Waals surface area contributed by atoms with Gasteiger partial charge < -0.3 is 10.1 Å². The summed E-state index contributed by atoms with van der Waals surface area (Å²) in [6.07, 6.45) is 0. The van der Waals surface area contributed by atoms with Crippen LogP contribution >= 0.6 is 0 Å². The van der Waals surface area contributed by atoms with Crippen molar-refractivity contribution in [3.8, 4) is 22.5 Å². The summed E-state index contributed by atoms with van der Waals surface area (Å²) in [5, 5.41) is 17.7. The van der Waals surface area contributed by atoms with Gasteiger partial charge in [-0.05, 0) is 19.1 Å². The molecule has 0 aliphatic carbocycles. The Labute approximate surface area is 167 Å². The summed E-state index contributed by atoms with van der Waals surface area (Å²) in [5.41, 5.74) is 4.74. The van der Waals surface area contributed by atoms with Crippen LogP contribution in [0.15, 0.2) is 89.1 Å². The first-order valence-electron chi connectivity index (χ1n) is 9.08. The van der Waals surface area contributed by atoms with E-state index in [1.165, 1.54) is 0 Å². The first-order valence-corrected chi connectivity index (χ1v) is 9.08. The lowest BCUT2D eigenvalue weighted by Crippen LogP contribution is -1.96. The fourth-order valence-corrected chi connectivity index (χ4v) is 3.04. The van der Waals surface area contributed by atoms with Gasteiger partial charge in [0.2, 0.25) is 5.95 Å². The number of hydrogen-bond acceptors (Lipinski definition) is 4. The van der Waals surface area contributed by atoms with E-state index in [2.05, 4.69) is 20.2 Å². The van der Waals surface area contributed by atoms with Crippen LogP contribution in [0.4, 0.5) is 11.6 Å². The van der Waals surface area contributed by atoms with E-state index in [9.17, 15) is 9.90 Å². The number of aromatic carboxylic acids is 1. The predicted molar refractivity (Wildman–Crippen MR) is 112 cm³/mol. The number of rotatable bonds is 5. The molecule has 6 heteroatoms. The quantitative estimate of drug-likeness (QED) is 0.405. The van der Waals surface area contributed by atoms with Crippen molar-refractivity contribution in [2.24, 2.45) is 10.2 Å². The van der Waals surface area contributed by atoms with Crippen molar-refractivity contribution >= 4 is 17.6 Å². The van der Waals surface area contributed by atoms with Crippen molar-refractivity contribution in [3.05, 3.63) is 90.0 Å². The molecule has 142 valence electrons. The predicted octanol–water partition coefficient (Wildman–Crippen LogP) is 6.17. The van der Waals surface area contributed by atoms with Crippen LogP contribution in [-0.2, 0) is 0 Å². The highest BCUT2D eigenvalue weighted by Crippen LogP contribution is 2.32. The number of carbonyl (C=O) groups is 1. The zero-order valence-corrected chi connectivity index (χ0v) is 15.7. The number of nitrogens with zero attached hydrogens (tertiary/aromatic N) is 3. The van der Waals surface area contributed by atoms with E-state index in [1.807, 2.05) is 67.6 Å². The molecule has 1 heterocycles. The molecule has 2 N–H and O–H groups in total. The van der Waals surface area contributed by atoms with Crippen molar-refractivity contribution < 1.29 is 9.90 Å². The maximum absolute atomic E-state index is 11.5. The molecule has 0 aliphatic rings. The summed E-state index contributed by atoms with van der Waals surface area (Å²) in [6, 6.07) is 24.7. The summed E-state index contributed by atoms with van der Waals surface area (Å²) in [6.45, 7) is 1.83. The largest absolute Gasteiger partial charge is 0.478 e. The highest BCUT2D eigenvalue weighted by atomic mass is 16.4. The van der Waals surface area contributed by atoms with Gasteiger partial charge in [-0.2, -0.15) is 0 Å². The molecule has 0 saturated carbocycles. The Bertz CT molecular complexity index is 1130. The molecular formula is C23H18N4O2. The number of benzene rings is 3. The first-order chi connectivity index (χ1) is 14.1. The molecule has 0 bridgehead atoms. The SMILES string of the molecule is Cc1ccc(N=Nc2nc(-c3ccccc3)c(-c3ccccc3)[nH]2)c(C(=O)O)c1. The Balaban J connectivity index is 1.77. The normalized spacial score (nSPS) is 11.1. The average molecular weight is 382 g/mol. The molecule has 4 rings (SSSR count). The smallest absolute Gasteiger partial charge is 0.337 e. The lowest BCUT2D eigenvalue weighted by atomic mass is 10.1. The summed E-state index contributed by atoms with van der Waals surface area (Å²) in [5.74, 6) is -0.739. The molecule has 0 saturated heterocycles. The summed E-state index contributed by atoms with van der Waals surface area (Å²) in [7, 11) is 0. The Morgan fingerprint density at radius 3 is 2.21 bits per heavy atom. The maximum atomic E-state index is 11.5. The van der Waals surface area contributed by atoms with E-state index in [4.69, 9.17) is 0 Å². The summed E-state index contributed by atoms with van der Waals surface area (Å²) < 4.78 is 0. The van der Waals surface area contributed by atoms with Crippen molar-refractivity contribution in [1.29, 1.82) is 0 Å². The van der Waals surface area contributed by atoms with Crippen LogP contribution < -0.4 is 0 Å². The van der Waals surface area contributed by atoms with Gasteiger partial charge in [0.15, 0.2) is 0 Å². The number of H-pyrrole nitrogens is 1. The topological polar surface area (TPSA) is 90.7 Å². The van der Waals surface area contributed by atoms with E-state index >= 15 is 0 Å². The van der Waals surface area contributed by atoms with Crippen LogP contribution in [0.5, 0.6) is 0 Å². The summed E-state index contributed by atoms with van der Waals surface area (Å²) >= 11 is 0. The van der Waals surface area contributed by atoms with E-state index in [1.54, 1.807) is 18.2 Å². The van der Waals surface area contributed by atoms with Crippen LogP contribution in [0.1, 0.15) is 15.9 Å². The van der Waals surface area contributed by atoms with Crippen molar-refractivity contribution in [3.63, 3.8) is 0 Å². The molecule has 0 radical (unpaired) electrons. The molecule has 29 heavy (non-hydrogen) atoms. The third-order valence-electron chi connectivity index (χ3n) is 4.44. The van der Waals surface area contributed by atoms with Gasteiger partial charge >= 0.3 is 5.97 Å². The highest BCUT2D eigenvalue weighted by molar-refractivity contribution is 5.93. The minimum atomic E-state index is -1.04. The van der Waals surface area contributed by atoms with Crippen LogP contribution in [0.3, 0.4) is 0 Å². The van der Waals surface area contributed by atoms with E-state index in [0.717, 1.165) is 28.1 Å². The van der Waals surface area contributed by atoms with Crippen molar-refractivity contribution in [2.45, 2.75) is 6.92 Å². The number of azo groups is 1. The van der Waals surface area contributed by atoms with Gasteiger partial charge in [0.1, 0.15) is 5.69 Å². The molecule has 0 amide bonds. The van der Waals surface area contributed by atoms with Crippen LogP contribution in [0, 0.1) is 6.92 Å². The second-order valence-corrected chi connectivity index (χ2v) is 6.54. The van der Waals surface area contributed by atoms with Crippen molar-refractivity contribution in [2.75, 3.05) is 0 Å². The first kappa shape index (κ1) is 18.3. The van der Waals surface area contributed by atoms with Crippen LogP contribution in [0.2, 0.25) is 0 Å². The monoisotopic (exact) mass is 382 g/mol. The molecular weight excluding hydrogens is 364 g/mol. The maximum Gasteiger partial charge on any atom is 0.337 e. The Hall–Kier alpha value is -4.06. The van der Waals surface area contributed by atoms with Crippen molar-refractivity contribution in [1.82, 2.24) is 9.97 Å². The Morgan fingerprint density at radius 1 is 0.897 bits per heavy atom. The second kappa shape index (κ2) is 7.90. The highest BCUT2D eigenvalue weighted by Gasteiger charge is 2.14. The molecule has 0 atom stereocenters. The molecule has 6 nitrogen and oxygen atoms in total.